The molecular formula is C16H22O. The highest BCUT2D eigenvalue weighted by Gasteiger charge is 2.27. The van der Waals surface area contributed by atoms with Gasteiger partial charge in [0.25, 0.3) is 0 Å². The van der Waals surface area contributed by atoms with E-state index < -0.39 is 0 Å². The maximum atomic E-state index is 10.5. The zero-order valence-electron chi connectivity index (χ0n) is 10.4. The van der Waals surface area contributed by atoms with Gasteiger partial charge in [-0.1, -0.05) is 55.7 Å². The summed E-state index contributed by atoms with van der Waals surface area (Å²) < 4.78 is 0. The Morgan fingerprint density at radius 1 is 1.12 bits per heavy atom. The first-order valence-corrected chi connectivity index (χ1v) is 6.68. The molecular weight excluding hydrogens is 208 g/mol. The Hall–Kier alpha value is -1.08. The van der Waals surface area contributed by atoms with E-state index in [1.807, 2.05) is 24.3 Å². The van der Waals surface area contributed by atoms with Crippen LogP contribution in [0.4, 0.5) is 0 Å². The molecule has 0 aliphatic heterocycles. The number of hydrogen-bond acceptors (Lipinski definition) is 1. The van der Waals surface area contributed by atoms with Crippen molar-refractivity contribution in [2.75, 3.05) is 0 Å². The van der Waals surface area contributed by atoms with Gasteiger partial charge < -0.3 is 5.11 Å². The van der Waals surface area contributed by atoms with Crippen molar-refractivity contribution < 1.29 is 5.11 Å². The van der Waals surface area contributed by atoms with Gasteiger partial charge >= 0.3 is 0 Å². The van der Waals surface area contributed by atoms with Crippen LogP contribution >= 0.6 is 0 Å². The van der Waals surface area contributed by atoms with Crippen molar-refractivity contribution in [3.63, 3.8) is 0 Å². The summed E-state index contributed by atoms with van der Waals surface area (Å²) in [5.41, 5.74) is 1.18. The largest absolute Gasteiger partial charge is 0.392 e. The Balaban J connectivity index is 2.09. The topological polar surface area (TPSA) is 20.2 Å². The molecule has 1 saturated carbocycles. The predicted octanol–water partition coefficient (Wildman–Crippen LogP) is 3.90. The molecule has 17 heavy (non-hydrogen) atoms. The molecule has 2 atom stereocenters. The van der Waals surface area contributed by atoms with Gasteiger partial charge in [-0.2, -0.15) is 0 Å². The van der Waals surface area contributed by atoms with E-state index in [0.29, 0.717) is 5.92 Å². The maximum absolute atomic E-state index is 10.5. The van der Waals surface area contributed by atoms with E-state index >= 15 is 0 Å². The lowest BCUT2D eigenvalue weighted by molar-refractivity contribution is 0.0726. The Morgan fingerprint density at radius 3 is 2.35 bits per heavy atom. The monoisotopic (exact) mass is 230 g/mol. The van der Waals surface area contributed by atoms with E-state index in [4.69, 9.17) is 0 Å². The highest BCUT2D eigenvalue weighted by atomic mass is 16.3. The SMILES string of the molecule is C=C[C@@H](c1ccccc1)[C@H](O)C1CCCCC1. The summed E-state index contributed by atoms with van der Waals surface area (Å²) >= 11 is 0. The van der Waals surface area contributed by atoms with Crippen molar-refractivity contribution in [3.8, 4) is 0 Å². The predicted molar refractivity (Wildman–Crippen MR) is 72.0 cm³/mol. The molecule has 1 fully saturated rings. The lowest BCUT2D eigenvalue weighted by atomic mass is 9.78. The van der Waals surface area contributed by atoms with Gasteiger partial charge in [-0.15, -0.1) is 6.58 Å². The second-order valence-corrected chi connectivity index (χ2v) is 5.06. The van der Waals surface area contributed by atoms with E-state index in [1.54, 1.807) is 0 Å². The van der Waals surface area contributed by atoms with Crippen molar-refractivity contribution in [2.45, 2.75) is 44.1 Å². The van der Waals surface area contributed by atoms with Gasteiger partial charge in [-0.25, -0.2) is 0 Å². The Morgan fingerprint density at radius 2 is 1.76 bits per heavy atom. The summed E-state index contributed by atoms with van der Waals surface area (Å²) in [5.74, 6) is 0.534. The van der Waals surface area contributed by atoms with Gasteiger partial charge in [0.2, 0.25) is 0 Å². The number of benzene rings is 1. The summed E-state index contributed by atoms with van der Waals surface area (Å²) in [4.78, 5) is 0. The molecule has 1 N–H and O–H groups in total. The zero-order chi connectivity index (χ0) is 12.1. The standard InChI is InChI=1S/C16H22O/c1-2-15(13-9-5-3-6-10-13)16(17)14-11-7-4-8-12-14/h2-3,5-6,9-10,14-17H,1,4,7-8,11-12H2/t15-,16+/m0/s1. The molecule has 0 saturated heterocycles. The molecule has 2 rings (SSSR count). The van der Waals surface area contributed by atoms with Crippen LogP contribution in [0.2, 0.25) is 0 Å². The molecule has 1 aromatic carbocycles. The van der Waals surface area contributed by atoms with Crippen LogP contribution in [-0.2, 0) is 0 Å². The lowest BCUT2D eigenvalue weighted by Crippen LogP contribution is -2.28. The van der Waals surface area contributed by atoms with Gasteiger partial charge in [-0.3, -0.25) is 0 Å². The molecule has 0 spiro atoms. The number of rotatable bonds is 4. The minimum absolute atomic E-state index is 0.0827. The van der Waals surface area contributed by atoms with Crippen LogP contribution in [0.25, 0.3) is 0 Å². The molecule has 92 valence electrons. The van der Waals surface area contributed by atoms with Gasteiger partial charge in [-0.05, 0) is 24.3 Å². The highest BCUT2D eigenvalue weighted by molar-refractivity contribution is 5.24. The lowest BCUT2D eigenvalue weighted by Gasteiger charge is -2.31. The summed E-state index contributed by atoms with van der Waals surface area (Å²) in [7, 11) is 0. The molecule has 0 aromatic heterocycles. The molecule has 1 aromatic rings. The third kappa shape index (κ3) is 2.98. The average Bonchev–Trinajstić information content (AvgIpc) is 2.42. The smallest absolute Gasteiger partial charge is 0.0671 e. The second-order valence-electron chi connectivity index (χ2n) is 5.06. The molecule has 0 radical (unpaired) electrons. The van der Waals surface area contributed by atoms with Gasteiger partial charge in [0.15, 0.2) is 0 Å². The number of aliphatic hydroxyl groups excluding tert-OH is 1. The van der Waals surface area contributed by atoms with Crippen LogP contribution in [0.3, 0.4) is 0 Å². The van der Waals surface area contributed by atoms with Crippen LogP contribution in [-0.4, -0.2) is 11.2 Å². The molecule has 1 nitrogen and oxygen atoms in total. The van der Waals surface area contributed by atoms with E-state index in [0.717, 1.165) is 0 Å². The van der Waals surface area contributed by atoms with E-state index in [2.05, 4.69) is 18.7 Å². The van der Waals surface area contributed by atoms with Crippen LogP contribution in [0.5, 0.6) is 0 Å². The van der Waals surface area contributed by atoms with E-state index in [9.17, 15) is 5.11 Å². The van der Waals surface area contributed by atoms with Crippen LogP contribution < -0.4 is 0 Å². The van der Waals surface area contributed by atoms with Gasteiger partial charge in [0.05, 0.1) is 6.10 Å². The minimum atomic E-state index is -0.268. The van der Waals surface area contributed by atoms with Crippen molar-refractivity contribution >= 4 is 0 Å². The minimum Gasteiger partial charge on any atom is -0.392 e. The molecule has 0 heterocycles. The molecule has 1 aliphatic rings. The van der Waals surface area contributed by atoms with Gasteiger partial charge in [0.1, 0.15) is 0 Å². The normalized spacial score (nSPS) is 20.8. The Labute approximate surface area is 104 Å². The summed E-state index contributed by atoms with van der Waals surface area (Å²) in [6.07, 6.45) is 7.81. The Bertz CT molecular complexity index is 338. The van der Waals surface area contributed by atoms with Crippen molar-refractivity contribution in [2.24, 2.45) is 5.92 Å². The zero-order valence-corrected chi connectivity index (χ0v) is 10.4. The first-order valence-electron chi connectivity index (χ1n) is 6.68. The van der Waals surface area contributed by atoms with E-state index in [-0.39, 0.29) is 12.0 Å². The van der Waals surface area contributed by atoms with Crippen LogP contribution in [0, 0.1) is 5.92 Å². The van der Waals surface area contributed by atoms with E-state index in [1.165, 1.54) is 37.7 Å². The average molecular weight is 230 g/mol. The number of aliphatic hydroxyl groups is 1. The third-order valence-electron chi connectivity index (χ3n) is 3.94. The molecule has 1 aliphatic carbocycles. The fourth-order valence-corrected chi connectivity index (χ4v) is 2.92. The highest BCUT2D eigenvalue weighted by Crippen LogP contribution is 2.33. The van der Waals surface area contributed by atoms with Crippen molar-refractivity contribution in [1.29, 1.82) is 0 Å². The quantitative estimate of drug-likeness (QED) is 0.778. The van der Waals surface area contributed by atoms with Crippen molar-refractivity contribution in [1.82, 2.24) is 0 Å². The summed E-state index contributed by atoms with van der Waals surface area (Å²) in [6.45, 7) is 3.89. The summed E-state index contributed by atoms with van der Waals surface area (Å²) in [5, 5.41) is 10.5. The Kier molecular flexibility index (Phi) is 4.38. The van der Waals surface area contributed by atoms with Crippen molar-refractivity contribution in [3.05, 3.63) is 48.6 Å². The fraction of sp³-hybridized carbons (Fsp3) is 0.500. The first kappa shape index (κ1) is 12.4. The van der Waals surface area contributed by atoms with Gasteiger partial charge in [0, 0.05) is 5.92 Å². The first-order chi connectivity index (χ1) is 8.33. The molecule has 1 heteroatoms. The van der Waals surface area contributed by atoms with Crippen LogP contribution in [0.15, 0.2) is 43.0 Å². The maximum Gasteiger partial charge on any atom is 0.0671 e. The molecule has 0 amide bonds. The summed E-state index contributed by atoms with van der Waals surface area (Å²) in [6, 6.07) is 10.2. The second kappa shape index (κ2) is 6.02. The van der Waals surface area contributed by atoms with Crippen LogP contribution in [0.1, 0.15) is 43.6 Å². The molecule has 0 unspecified atom stereocenters. The third-order valence-corrected chi connectivity index (χ3v) is 3.94. The fourth-order valence-electron chi connectivity index (χ4n) is 2.92. The molecule has 0 bridgehead atoms. The number of hydrogen-bond donors (Lipinski definition) is 1.